The van der Waals surface area contributed by atoms with Gasteiger partial charge in [0.1, 0.15) is 0 Å². The molecular formula is C14H12BrClIN. The smallest absolute Gasteiger partial charge is 0.0488 e. The largest absolute Gasteiger partial charge is 0.380 e. The second-order valence-corrected chi connectivity index (χ2v) is 6.58. The number of halogens is 3. The van der Waals surface area contributed by atoms with Crippen molar-refractivity contribution in [1.29, 1.82) is 0 Å². The molecule has 0 aliphatic heterocycles. The van der Waals surface area contributed by atoms with Crippen LogP contribution in [0, 0.1) is 10.5 Å². The quantitative estimate of drug-likeness (QED) is 0.615. The molecule has 0 bridgehead atoms. The van der Waals surface area contributed by atoms with E-state index in [1.54, 1.807) is 0 Å². The molecule has 0 saturated carbocycles. The van der Waals surface area contributed by atoms with Crippen molar-refractivity contribution >= 4 is 55.8 Å². The fourth-order valence-corrected chi connectivity index (χ4v) is 3.36. The average molecular weight is 437 g/mol. The van der Waals surface area contributed by atoms with Gasteiger partial charge < -0.3 is 5.32 Å². The summed E-state index contributed by atoms with van der Waals surface area (Å²) in [6.07, 6.45) is 0. The molecule has 0 heterocycles. The second-order valence-electron chi connectivity index (χ2n) is 4.07. The zero-order valence-corrected chi connectivity index (χ0v) is 14.3. The van der Waals surface area contributed by atoms with Gasteiger partial charge in [-0.05, 0) is 80.8 Å². The highest BCUT2D eigenvalue weighted by molar-refractivity contribution is 14.1. The molecule has 2 aromatic carbocycles. The van der Waals surface area contributed by atoms with Crippen LogP contribution in [0.15, 0.2) is 40.9 Å². The Kier molecular flexibility index (Phi) is 4.92. The van der Waals surface area contributed by atoms with Crippen LogP contribution in [0.25, 0.3) is 0 Å². The highest BCUT2D eigenvalue weighted by atomic mass is 127. The Morgan fingerprint density at radius 1 is 1.22 bits per heavy atom. The third kappa shape index (κ3) is 3.62. The van der Waals surface area contributed by atoms with Crippen LogP contribution >= 0.6 is 50.1 Å². The van der Waals surface area contributed by atoms with Crippen molar-refractivity contribution in [2.45, 2.75) is 13.5 Å². The first-order valence-corrected chi connectivity index (χ1v) is 7.75. The van der Waals surface area contributed by atoms with Crippen molar-refractivity contribution < 1.29 is 0 Å². The van der Waals surface area contributed by atoms with Gasteiger partial charge in [0.2, 0.25) is 0 Å². The molecule has 94 valence electrons. The molecule has 2 rings (SSSR count). The Balaban J connectivity index is 2.11. The number of nitrogens with one attached hydrogen (secondary N) is 1. The maximum atomic E-state index is 6.21. The van der Waals surface area contributed by atoms with Crippen molar-refractivity contribution in [1.82, 2.24) is 0 Å². The fraction of sp³-hybridized carbons (Fsp3) is 0.143. The Morgan fingerprint density at radius 3 is 2.67 bits per heavy atom. The van der Waals surface area contributed by atoms with Crippen molar-refractivity contribution in [3.8, 4) is 0 Å². The van der Waals surface area contributed by atoms with Crippen molar-refractivity contribution in [3.05, 3.63) is 60.6 Å². The minimum atomic E-state index is 0.721. The lowest BCUT2D eigenvalue weighted by molar-refractivity contribution is 1.14. The molecule has 2 aromatic rings. The Morgan fingerprint density at radius 2 is 2.00 bits per heavy atom. The normalized spacial score (nSPS) is 10.4. The minimum Gasteiger partial charge on any atom is -0.380 e. The lowest BCUT2D eigenvalue weighted by Gasteiger charge is -2.10. The molecule has 0 unspecified atom stereocenters. The molecule has 18 heavy (non-hydrogen) atoms. The highest BCUT2D eigenvalue weighted by Crippen LogP contribution is 2.26. The van der Waals surface area contributed by atoms with Gasteiger partial charge in [0.25, 0.3) is 0 Å². The van der Waals surface area contributed by atoms with Gasteiger partial charge in [-0.15, -0.1) is 0 Å². The van der Waals surface area contributed by atoms with Crippen LogP contribution in [-0.2, 0) is 6.54 Å². The van der Waals surface area contributed by atoms with Gasteiger partial charge in [0.15, 0.2) is 0 Å². The van der Waals surface area contributed by atoms with Gasteiger partial charge in [-0.25, -0.2) is 0 Å². The molecule has 0 aromatic heterocycles. The van der Waals surface area contributed by atoms with Crippen molar-refractivity contribution in [2.75, 3.05) is 5.32 Å². The molecule has 0 amide bonds. The van der Waals surface area contributed by atoms with Gasteiger partial charge >= 0.3 is 0 Å². The lowest BCUT2D eigenvalue weighted by Crippen LogP contribution is -2.01. The first-order chi connectivity index (χ1) is 8.56. The maximum absolute atomic E-state index is 6.21. The van der Waals surface area contributed by atoms with E-state index >= 15 is 0 Å². The summed E-state index contributed by atoms with van der Waals surface area (Å²) in [6.45, 7) is 2.76. The third-order valence-corrected chi connectivity index (χ3v) is 4.29. The minimum absolute atomic E-state index is 0.721. The second kappa shape index (κ2) is 6.26. The monoisotopic (exact) mass is 435 g/mol. The molecule has 0 saturated heterocycles. The fourth-order valence-electron chi connectivity index (χ4n) is 1.62. The zero-order chi connectivity index (χ0) is 13.1. The van der Waals surface area contributed by atoms with Crippen LogP contribution in [0.2, 0.25) is 5.02 Å². The van der Waals surface area contributed by atoms with Crippen LogP contribution in [0.5, 0.6) is 0 Å². The number of rotatable bonds is 3. The van der Waals surface area contributed by atoms with Crippen LogP contribution in [0.3, 0.4) is 0 Å². The molecular weight excluding hydrogens is 424 g/mol. The molecule has 4 heteroatoms. The third-order valence-electron chi connectivity index (χ3n) is 2.61. The van der Waals surface area contributed by atoms with Gasteiger partial charge in [0, 0.05) is 25.3 Å². The molecule has 0 radical (unpaired) electrons. The van der Waals surface area contributed by atoms with E-state index in [4.69, 9.17) is 11.6 Å². The summed E-state index contributed by atoms with van der Waals surface area (Å²) in [6, 6.07) is 12.3. The average Bonchev–Trinajstić information content (AvgIpc) is 2.30. The van der Waals surface area contributed by atoms with Gasteiger partial charge in [-0.2, -0.15) is 0 Å². The lowest BCUT2D eigenvalue weighted by atomic mass is 10.1. The van der Waals surface area contributed by atoms with Gasteiger partial charge in [0.05, 0.1) is 0 Å². The number of anilines is 1. The number of hydrogen-bond donors (Lipinski definition) is 1. The van der Waals surface area contributed by atoms with Gasteiger partial charge in [-0.3, -0.25) is 0 Å². The topological polar surface area (TPSA) is 12.0 Å². The van der Waals surface area contributed by atoms with Crippen molar-refractivity contribution in [2.24, 2.45) is 0 Å². The molecule has 1 nitrogen and oxygen atoms in total. The molecule has 1 N–H and O–H groups in total. The highest BCUT2D eigenvalue weighted by Gasteiger charge is 2.03. The van der Waals surface area contributed by atoms with Crippen LogP contribution in [-0.4, -0.2) is 0 Å². The van der Waals surface area contributed by atoms with Crippen LogP contribution in [0.4, 0.5) is 5.69 Å². The Bertz CT molecular complexity index is 520. The first kappa shape index (κ1) is 14.2. The summed E-state index contributed by atoms with van der Waals surface area (Å²) >= 11 is 12.1. The van der Waals surface area contributed by atoms with E-state index in [9.17, 15) is 0 Å². The summed E-state index contributed by atoms with van der Waals surface area (Å²) < 4.78 is 2.27. The SMILES string of the molecule is Cc1ccc(CNc2ccc(I)cc2Br)c(Cl)c1. The Hall–Kier alpha value is -0.260. The first-order valence-electron chi connectivity index (χ1n) is 5.50. The number of benzene rings is 2. The van der Waals surface area contributed by atoms with E-state index in [1.165, 1.54) is 9.13 Å². The van der Waals surface area contributed by atoms with Crippen molar-refractivity contribution in [3.63, 3.8) is 0 Å². The predicted octanol–water partition coefficient (Wildman–Crippen LogP) is 5.63. The summed E-state index contributed by atoms with van der Waals surface area (Å²) in [5.74, 6) is 0. The van der Waals surface area contributed by atoms with Gasteiger partial charge in [-0.1, -0.05) is 23.7 Å². The maximum Gasteiger partial charge on any atom is 0.0488 e. The number of aryl methyl sites for hydroxylation is 1. The van der Waals surface area contributed by atoms with E-state index in [1.807, 2.05) is 13.0 Å². The van der Waals surface area contributed by atoms with E-state index in [0.717, 1.165) is 27.3 Å². The summed E-state index contributed by atoms with van der Waals surface area (Å²) in [4.78, 5) is 0. The Labute approximate surface area is 134 Å². The summed E-state index contributed by atoms with van der Waals surface area (Å²) in [5.41, 5.74) is 3.36. The van der Waals surface area contributed by atoms with E-state index in [-0.39, 0.29) is 0 Å². The molecule has 0 fully saturated rings. The summed E-state index contributed by atoms with van der Waals surface area (Å²) in [7, 11) is 0. The molecule has 0 aliphatic rings. The van der Waals surface area contributed by atoms with E-state index in [0.29, 0.717) is 0 Å². The molecule has 0 atom stereocenters. The van der Waals surface area contributed by atoms with E-state index < -0.39 is 0 Å². The van der Waals surface area contributed by atoms with Crippen LogP contribution < -0.4 is 5.32 Å². The van der Waals surface area contributed by atoms with Crippen LogP contribution in [0.1, 0.15) is 11.1 Å². The summed E-state index contributed by atoms with van der Waals surface area (Å²) in [5, 5.41) is 4.19. The molecule has 0 spiro atoms. The molecule has 0 aliphatic carbocycles. The van der Waals surface area contributed by atoms with E-state index in [2.05, 4.69) is 74.2 Å². The number of hydrogen-bond acceptors (Lipinski definition) is 1. The standard InChI is InChI=1S/C14H12BrClIN/c1-9-2-3-10(13(16)6-9)8-18-14-5-4-11(17)7-12(14)15/h2-7,18H,8H2,1H3. The zero-order valence-electron chi connectivity index (χ0n) is 9.81. The predicted molar refractivity (Wildman–Crippen MR) is 90.4 cm³/mol.